The van der Waals surface area contributed by atoms with E-state index in [1.54, 1.807) is 0 Å². The molecule has 0 aromatic carbocycles. The van der Waals surface area contributed by atoms with Gasteiger partial charge >= 0.3 is 0 Å². The van der Waals surface area contributed by atoms with E-state index in [0.29, 0.717) is 58.7 Å². The first kappa shape index (κ1) is 31.9. The molecule has 0 bridgehead atoms. The summed E-state index contributed by atoms with van der Waals surface area (Å²) in [5.74, 6) is -0.464. The van der Waals surface area contributed by atoms with Crippen molar-refractivity contribution in [3.05, 3.63) is 0 Å². The van der Waals surface area contributed by atoms with Gasteiger partial charge in [0.1, 0.15) is 5.54 Å². The van der Waals surface area contributed by atoms with Gasteiger partial charge in [0, 0.05) is 39.7 Å². The third kappa shape index (κ3) is 20.4. The molecule has 186 valence electrons. The Morgan fingerprint density at radius 1 is 0.742 bits per heavy atom. The molecule has 0 fully saturated rings. The largest absolute Gasteiger partial charge is 0.379 e. The SMILES string of the molecule is CCC.CNC(=O)CCC(=O)NC(COCCCN)(COCCCN)COCCCN. The van der Waals surface area contributed by atoms with Gasteiger partial charge in [-0.15, -0.1) is 0 Å². The molecule has 0 rings (SSSR count). The number of nitrogens with one attached hydrogen (secondary N) is 2. The fraction of sp³-hybridized carbons (Fsp3) is 0.905. The van der Waals surface area contributed by atoms with E-state index in [-0.39, 0.29) is 44.5 Å². The van der Waals surface area contributed by atoms with Crippen molar-refractivity contribution in [2.24, 2.45) is 17.2 Å². The summed E-state index contributed by atoms with van der Waals surface area (Å²) in [7, 11) is 1.53. The molecule has 0 heterocycles. The number of amides is 2. The van der Waals surface area contributed by atoms with Crippen molar-refractivity contribution in [2.75, 3.05) is 66.3 Å². The molecule has 0 saturated heterocycles. The maximum Gasteiger partial charge on any atom is 0.221 e. The van der Waals surface area contributed by atoms with Gasteiger partial charge in [0.15, 0.2) is 0 Å². The van der Waals surface area contributed by atoms with Crippen molar-refractivity contribution in [1.82, 2.24) is 10.6 Å². The quantitative estimate of drug-likeness (QED) is 0.170. The molecule has 10 heteroatoms. The van der Waals surface area contributed by atoms with Crippen LogP contribution in [0.5, 0.6) is 0 Å². The highest BCUT2D eigenvalue weighted by atomic mass is 16.5. The zero-order chi connectivity index (χ0) is 23.8. The second kappa shape index (κ2) is 23.4. The van der Waals surface area contributed by atoms with Crippen molar-refractivity contribution >= 4 is 11.8 Å². The predicted molar refractivity (Wildman–Crippen MR) is 124 cm³/mol. The van der Waals surface area contributed by atoms with Crippen LogP contribution in [0.4, 0.5) is 0 Å². The van der Waals surface area contributed by atoms with Gasteiger partial charge in [0.05, 0.1) is 19.8 Å². The molecule has 0 saturated carbocycles. The molecule has 0 aromatic heterocycles. The highest BCUT2D eigenvalue weighted by Crippen LogP contribution is 2.11. The minimum Gasteiger partial charge on any atom is -0.379 e. The molecule has 0 aliphatic carbocycles. The van der Waals surface area contributed by atoms with E-state index in [2.05, 4.69) is 24.5 Å². The van der Waals surface area contributed by atoms with Crippen LogP contribution in [0, 0.1) is 0 Å². The summed E-state index contributed by atoms with van der Waals surface area (Å²) in [6, 6.07) is 0. The van der Waals surface area contributed by atoms with Crippen LogP contribution < -0.4 is 27.8 Å². The van der Waals surface area contributed by atoms with E-state index in [1.165, 1.54) is 13.5 Å². The molecule has 8 N–H and O–H groups in total. The fourth-order valence-corrected chi connectivity index (χ4v) is 2.30. The van der Waals surface area contributed by atoms with Crippen LogP contribution in [0.25, 0.3) is 0 Å². The van der Waals surface area contributed by atoms with E-state index >= 15 is 0 Å². The second-order valence-corrected chi connectivity index (χ2v) is 7.29. The number of nitrogens with two attached hydrogens (primary N) is 3. The van der Waals surface area contributed by atoms with Gasteiger partial charge in [0.25, 0.3) is 0 Å². The molecule has 0 aliphatic rings. The van der Waals surface area contributed by atoms with E-state index in [1.807, 2.05) is 0 Å². The van der Waals surface area contributed by atoms with E-state index < -0.39 is 5.54 Å². The molecule has 0 aromatic rings. The van der Waals surface area contributed by atoms with Gasteiger partial charge in [0.2, 0.25) is 11.8 Å². The molecular weight excluding hydrogens is 402 g/mol. The summed E-state index contributed by atoms with van der Waals surface area (Å²) in [6.07, 6.45) is 3.55. The summed E-state index contributed by atoms with van der Waals surface area (Å²) in [5, 5.41) is 5.45. The van der Waals surface area contributed by atoms with Gasteiger partial charge in [-0.2, -0.15) is 0 Å². The molecular formula is C21H47N5O5. The monoisotopic (exact) mass is 449 g/mol. The lowest BCUT2D eigenvalue weighted by molar-refractivity contribution is -0.130. The third-order valence-corrected chi connectivity index (χ3v) is 3.88. The number of carbonyl (C=O) groups excluding carboxylic acids is 2. The first-order chi connectivity index (χ1) is 14.9. The number of hydrogen-bond acceptors (Lipinski definition) is 8. The van der Waals surface area contributed by atoms with Gasteiger partial charge in [-0.25, -0.2) is 0 Å². The Morgan fingerprint density at radius 3 is 1.42 bits per heavy atom. The van der Waals surface area contributed by atoms with Gasteiger partial charge < -0.3 is 42.0 Å². The summed E-state index contributed by atoms with van der Waals surface area (Å²) in [6.45, 7) is 7.86. The van der Waals surface area contributed by atoms with Crippen LogP contribution in [-0.2, 0) is 23.8 Å². The number of carbonyl (C=O) groups is 2. The van der Waals surface area contributed by atoms with Crippen LogP contribution in [-0.4, -0.2) is 83.7 Å². The molecule has 0 unspecified atom stereocenters. The summed E-state index contributed by atoms with van der Waals surface area (Å²) in [5.41, 5.74) is 15.7. The molecule has 31 heavy (non-hydrogen) atoms. The minimum absolute atomic E-state index is 0.0653. The Hall–Kier alpha value is -1.30. The highest BCUT2D eigenvalue weighted by molar-refractivity contribution is 5.83. The average molecular weight is 450 g/mol. The average Bonchev–Trinajstić information content (AvgIpc) is 2.76. The first-order valence-corrected chi connectivity index (χ1v) is 11.3. The van der Waals surface area contributed by atoms with Gasteiger partial charge in [-0.05, 0) is 38.9 Å². The van der Waals surface area contributed by atoms with Crippen LogP contribution in [0.15, 0.2) is 0 Å². The smallest absolute Gasteiger partial charge is 0.221 e. The standard InChI is InChI=1S/C18H39N5O5.C3H8/c1-22-16(24)5-6-17(25)23-18(13-26-10-2-7-19,14-27-11-3-8-20)15-28-12-4-9-21;1-3-2/h2-15,19-21H2,1H3,(H,22,24)(H,23,25);3H2,1-2H3. The lowest BCUT2D eigenvalue weighted by atomic mass is 10.0. The zero-order valence-electron chi connectivity index (χ0n) is 19.9. The minimum atomic E-state index is -0.864. The van der Waals surface area contributed by atoms with E-state index in [4.69, 9.17) is 31.4 Å². The lowest BCUT2D eigenvalue weighted by Crippen LogP contribution is -2.58. The van der Waals surface area contributed by atoms with E-state index in [0.717, 1.165) is 0 Å². The van der Waals surface area contributed by atoms with Crippen molar-refractivity contribution < 1.29 is 23.8 Å². The summed E-state index contributed by atoms with van der Waals surface area (Å²) < 4.78 is 17.2. The van der Waals surface area contributed by atoms with Gasteiger partial charge in [-0.3, -0.25) is 9.59 Å². The van der Waals surface area contributed by atoms with Crippen LogP contribution in [0.3, 0.4) is 0 Å². The molecule has 0 spiro atoms. The molecule has 0 aliphatic heterocycles. The first-order valence-electron chi connectivity index (χ1n) is 11.3. The Bertz CT molecular complexity index is 396. The fourth-order valence-electron chi connectivity index (χ4n) is 2.30. The Balaban J connectivity index is 0. The number of ether oxygens (including phenoxy) is 3. The molecule has 2 amide bonds. The Kier molecular flexibility index (Phi) is 24.0. The Morgan fingerprint density at radius 2 is 1.10 bits per heavy atom. The van der Waals surface area contributed by atoms with Crippen molar-refractivity contribution in [2.45, 2.75) is 57.9 Å². The maximum absolute atomic E-state index is 12.4. The van der Waals surface area contributed by atoms with Crippen molar-refractivity contribution in [3.8, 4) is 0 Å². The lowest BCUT2D eigenvalue weighted by Gasteiger charge is -2.34. The molecule has 10 nitrogen and oxygen atoms in total. The van der Waals surface area contributed by atoms with Gasteiger partial charge in [-0.1, -0.05) is 20.3 Å². The predicted octanol–water partition coefficient (Wildman–Crippen LogP) is -0.120. The molecule has 0 atom stereocenters. The van der Waals surface area contributed by atoms with Crippen LogP contribution in [0.2, 0.25) is 0 Å². The van der Waals surface area contributed by atoms with Crippen molar-refractivity contribution in [3.63, 3.8) is 0 Å². The molecule has 0 radical (unpaired) electrons. The normalized spacial score (nSPS) is 10.9. The topological polar surface area (TPSA) is 164 Å². The van der Waals surface area contributed by atoms with E-state index in [9.17, 15) is 9.59 Å². The summed E-state index contributed by atoms with van der Waals surface area (Å²) >= 11 is 0. The Labute approximate surface area is 188 Å². The van der Waals surface area contributed by atoms with Crippen LogP contribution >= 0.6 is 0 Å². The second-order valence-electron chi connectivity index (χ2n) is 7.29. The third-order valence-electron chi connectivity index (χ3n) is 3.88. The number of hydrogen-bond donors (Lipinski definition) is 5. The maximum atomic E-state index is 12.4. The highest BCUT2D eigenvalue weighted by Gasteiger charge is 2.33. The zero-order valence-corrected chi connectivity index (χ0v) is 19.9. The van der Waals surface area contributed by atoms with Crippen molar-refractivity contribution in [1.29, 1.82) is 0 Å². The van der Waals surface area contributed by atoms with Crippen LogP contribution in [0.1, 0.15) is 52.4 Å². The number of rotatable bonds is 19. The summed E-state index contributed by atoms with van der Waals surface area (Å²) in [4.78, 5) is 23.8.